The first-order valence-corrected chi connectivity index (χ1v) is 9.50. The summed E-state index contributed by atoms with van der Waals surface area (Å²) in [5.74, 6) is 3.30. The van der Waals surface area contributed by atoms with Crippen LogP contribution in [0.5, 0.6) is 0 Å². The summed E-state index contributed by atoms with van der Waals surface area (Å²) >= 11 is 0. The molecule has 1 aliphatic heterocycles. The van der Waals surface area contributed by atoms with E-state index >= 15 is 0 Å². The van der Waals surface area contributed by atoms with E-state index in [1.165, 1.54) is 0 Å². The van der Waals surface area contributed by atoms with Gasteiger partial charge in [0.25, 0.3) is 0 Å². The largest absolute Gasteiger partial charge is 0.741 e. The van der Waals surface area contributed by atoms with Crippen molar-refractivity contribution in [1.82, 2.24) is 0 Å². The van der Waals surface area contributed by atoms with Gasteiger partial charge in [-0.2, -0.15) is 13.2 Å². The molecule has 0 radical (unpaired) electrons. The Balaban J connectivity index is 0.000000472. The van der Waals surface area contributed by atoms with Crippen molar-refractivity contribution in [3.63, 3.8) is 0 Å². The van der Waals surface area contributed by atoms with E-state index in [-0.39, 0.29) is 16.3 Å². The van der Waals surface area contributed by atoms with Crippen molar-refractivity contribution in [1.29, 1.82) is 0 Å². The molecule has 0 bridgehead atoms. The molecule has 0 aliphatic carbocycles. The summed E-state index contributed by atoms with van der Waals surface area (Å²) in [6.07, 6.45) is 1.39. The number of rotatable bonds is 2. The van der Waals surface area contributed by atoms with Crippen LogP contribution >= 0.6 is 0 Å². The topological polar surface area (TPSA) is 91.3 Å². The first kappa shape index (κ1) is 21.4. The Morgan fingerprint density at radius 2 is 1.55 bits per heavy atom. The Bertz CT molecular complexity index is 496. The second kappa shape index (κ2) is 7.78. The minimum Gasteiger partial charge on any atom is -0.741 e. The molecule has 1 aliphatic rings. The lowest BCUT2D eigenvalue weighted by Crippen LogP contribution is -2.34. The Kier molecular flexibility index (Phi) is 7.56. The van der Waals surface area contributed by atoms with Crippen molar-refractivity contribution in [2.75, 3.05) is 17.3 Å². The van der Waals surface area contributed by atoms with Crippen molar-refractivity contribution >= 4 is 32.6 Å². The Morgan fingerprint density at radius 1 is 1.18 bits per heavy atom. The Morgan fingerprint density at radius 3 is 1.82 bits per heavy atom. The van der Waals surface area contributed by atoms with Crippen LogP contribution in [0.2, 0.25) is 0 Å². The van der Waals surface area contributed by atoms with Gasteiger partial charge < -0.3 is 4.55 Å². The van der Waals surface area contributed by atoms with Crippen LogP contribution in [-0.2, 0) is 30.6 Å². The zero-order valence-electron chi connectivity index (χ0n) is 12.5. The number of Topliss-reactive ketones (excluding diaryl/α,β-unsaturated/α-hetero) is 2. The van der Waals surface area contributed by atoms with E-state index in [1.54, 1.807) is 0 Å². The molecule has 0 saturated carbocycles. The fourth-order valence-electron chi connectivity index (χ4n) is 1.29. The van der Waals surface area contributed by atoms with Gasteiger partial charge in [-0.05, 0) is 10.9 Å². The molecule has 0 N–H and O–H groups in total. The van der Waals surface area contributed by atoms with Crippen LogP contribution in [0.4, 0.5) is 13.2 Å². The van der Waals surface area contributed by atoms with Gasteiger partial charge in [-0.15, -0.1) is 0 Å². The molecule has 0 aromatic rings. The zero-order chi connectivity index (χ0) is 17.8. The van der Waals surface area contributed by atoms with Gasteiger partial charge >= 0.3 is 5.51 Å². The predicted octanol–water partition coefficient (Wildman–Crippen LogP) is 1.63. The maximum atomic E-state index is 11.7. The molecule has 0 atom stereocenters. The highest BCUT2D eigenvalue weighted by Crippen LogP contribution is 2.20. The van der Waals surface area contributed by atoms with Crippen LogP contribution in [0.25, 0.3) is 0 Å². The standard InChI is InChI=1S/C11H19O2S.CHF3O3S/c1-11(2,3)10(13)8-14-6-4-9(12)5-7-14;2-1(3,4)8(5,6)7/h4-8H2,1-3H3;(H,5,6,7)/q+1;/p-1. The summed E-state index contributed by atoms with van der Waals surface area (Å²) in [6.45, 7) is 5.90. The zero-order valence-corrected chi connectivity index (χ0v) is 14.2. The molecule has 22 heavy (non-hydrogen) atoms. The predicted molar refractivity (Wildman–Crippen MR) is 76.4 cm³/mol. The van der Waals surface area contributed by atoms with E-state index in [4.69, 9.17) is 13.0 Å². The van der Waals surface area contributed by atoms with Crippen LogP contribution in [-0.4, -0.2) is 47.3 Å². The molecule has 0 amide bonds. The number of hydrogen-bond acceptors (Lipinski definition) is 5. The molecule has 1 fully saturated rings. The fourth-order valence-corrected chi connectivity index (χ4v) is 3.62. The highest BCUT2D eigenvalue weighted by Gasteiger charge is 2.37. The molecule has 0 spiro atoms. The first-order chi connectivity index (χ1) is 9.64. The molecule has 1 heterocycles. The van der Waals surface area contributed by atoms with E-state index in [0.717, 1.165) is 11.5 Å². The SMILES string of the molecule is CC(C)(C)C(=O)C[S+]1CCC(=O)CC1.O=S(=O)([O-])C(F)(F)F. The van der Waals surface area contributed by atoms with E-state index in [2.05, 4.69) is 0 Å². The van der Waals surface area contributed by atoms with Crippen molar-refractivity contribution in [2.24, 2.45) is 5.41 Å². The summed E-state index contributed by atoms with van der Waals surface area (Å²) in [7, 11) is -5.90. The number of carbonyl (C=O) groups excluding carboxylic acids is 2. The highest BCUT2D eigenvalue weighted by molar-refractivity contribution is 7.97. The van der Waals surface area contributed by atoms with Crippen LogP contribution in [0.15, 0.2) is 0 Å². The maximum absolute atomic E-state index is 11.7. The van der Waals surface area contributed by atoms with Crippen LogP contribution in [0.3, 0.4) is 0 Å². The Labute approximate surface area is 130 Å². The lowest BCUT2D eigenvalue weighted by Gasteiger charge is -2.18. The third-order valence-corrected chi connectivity index (χ3v) is 5.59. The van der Waals surface area contributed by atoms with Crippen LogP contribution in [0, 0.1) is 5.41 Å². The number of alkyl halides is 3. The lowest BCUT2D eigenvalue weighted by molar-refractivity contribution is -0.123. The highest BCUT2D eigenvalue weighted by atomic mass is 32.2. The number of ketones is 2. The fraction of sp³-hybridized carbons (Fsp3) is 0.833. The van der Waals surface area contributed by atoms with E-state index < -0.39 is 15.6 Å². The smallest absolute Gasteiger partial charge is 0.485 e. The second-order valence-corrected chi connectivity index (χ2v) is 9.48. The van der Waals surface area contributed by atoms with Crippen LogP contribution < -0.4 is 0 Å². The molecule has 0 aromatic carbocycles. The van der Waals surface area contributed by atoms with Gasteiger partial charge in [0.05, 0.1) is 12.8 Å². The molecule has 1 saturated heterocycles. The summed E-state index contributed by atoms with van der Waals surface area (Å²) in [6, 6.07) is 0. The van der Waals surface area contributed by atoms with Gasteiger partial charge in [0.1, 0.15) is 17.3 Å². The molecule has 5 nitrogen and oxygen atoms in total. The minimum atomic E-state index is -6.09. The first-order valence-electron chi connectivity index (χ1n) is 6.36. The van der Waals surface area contributed by atoms with Gasteiger partial charge in [-0.3, -0.25) is 9.59 Å². The van der Waals surface area contributed by atoms with Gasteiger partial charge in [0, 0.05) is 5.41 Å². The average Bonchev–Trinajstić information content (AvgIpc) is 2.29. The third kappa shape index (κ3) is 8.14. The average molecular weight is 364 g/mol. The van der Waals surface area contributed by atoms with Gasteiger partial charge in [0.2, 0.25) is 0 Å². The van der Waals surface area contributed by atoms with Crippen LogP contribution in [0.1, 0.15) is 33.6 Å². The monoisotopic (exact) mass is 364 g/mol. The van der Waals surface area contributed by atoms with Crippen molar-refractivity contribution in [3.8, 4) is 0 Å². The van der Waals surface area contributed by atoms with Gasteiger partial charge in [-0.25, -0.2) is 8.42 Å². The molecular formula is C12H19F3O5S2. The summed E-state index contributed by atoms with van der Waals surface area (Å²) in [4.78, 5) is 22.7. The number of halogens is 3. The number of hydrogen-bond donors (Lipinski definition) is 0. The molecule has 0 unspecified atom stereocenters. The van der Waals surface area contributed by atoms with Gasteiger partial charge in [-0.1, -0.05) is 20.8 Å². The van der Waals surface area contributed by atoms with Crippen molar-refractivity contribution < 1.29 is 35.7 Å². The van der Waals surface area contributed by atoms with E-state index in [1.807, 2.05) is 20.8 Å². The molecule has 0 aromatic heterocycles. The summed E-state index contributed by atoms with van der Waals surface area (Å²) in [5, 5.41) is 0. The van der Waals surface area contributed by atoms with E-state index in [9.17, 15) is 22.8 Å². The molecule has 1 rings (SSSR count). The molecule has 10 heteroatoms. The summed E-state index contributed by atoms with van der Waals surface area (Å²) in [5.41, 5.74) is -5.86. The van der Waals surface area contributed by atoms with E-state index in [0.29, 0.717) is 30.2 Å². The van der Waals surface area contributed by atoms with Crippen molar-refractivity contribution in [3.05, 3.63) is 0 Å². The second-order valence-electron chi connectivity index (χ2n) is 5.78. The van der Waals surface area contributed by atoms with Crippen molar-refractivity contribution in [2.45, 2.75) is 39.1 Å². The Hall–Kier alpha value is -0.610. The third-order valence-electron chi connectivity index (χ3n) is 2.79. The number of carbonyl (C=O) groups is 2. The summed E-state index contributed by atoms with van der Waals surface area (Å²) < 4.78 is 58.9. The minimum absolute atomic E-state index is 0.188. The van der Waals surface area contributed by atoms with Gasteiger partial charge in [0.15, 0.2) is 21.7 Å². The molecular weight excluding hydrogens is 345 g/mol. The molecule has 130 valence electrons. The lowest BCUT2D eigenvalue weighted by atomic mass is 9.92. The normalized spacial score (nSPS) is 17.7. The quantitative estimate of drug-likeness (QED) is 0.422. The maximum Gasteiger partial charge on any atom is 0.485 e.